The van der Waals surface area contributed by atoms with Crippen LogP contribution in [0.2, 0.25) is 0 Å². The van der Waals surface area contributed by atoms with Crippen molar-refractivity contribution in [2.45, 2.75) is 84.0 Å². The summed E-state index contributed by atoms with van der Waals surface area (Å²) >= 11 is 0. The van der Waals surface area contributed by atoms with Gasteiger partial charge in [-0.2, -0.15) is 0 Å². The van der Waals surface area contributed by atoms with Gasteiger partial charge >= 0.3 is 0 Å². The Morgan fingerprint density at radius 2 is 1.25 bits per heavy atom. The van der Waals surface area contributed by atoms with Crippen LogP contribution >= 0.6 is 0 Å². The molecule has 3 aliphatic carbocycles. The first-order valence-electron chi connectivity index (χ1n) is 9.48. The van der Waals surface area contributed by atoms with Crippen LogP contribution in [0.1, 0.15) is 84.0 Å². The predicted molar refractivity (Wildman–Crippen MR) is 87.7 cm³/mol. The minimum Gasteiger partial charge on any atom is -0.0914 e. The van der Waals surface area contributed by atoms with Crippen molar-refractivity contribution in [2.75, 3.05) is 0 Å². The highest BCUT2D eigenvalue weighted by molar-refractivity contribution is 4.89. The molecule has 0 saturated heterocycles. The standard InChI is InChI=1S/C20H34/c1-2-4-16-7-9-17(10-8-16)15-18-11-13-20(14-12-18)19-5-3-6-19/h2,4,16-20H,3,5-15H2,1H3/b4-2+. The van der Waals surface area contributed by atoms with Gasteiger partial charge in [0.05, 0.1) is 0 Å². The van der Waals surface area contributed by atoms with Gasteiger partial charge in [-0.25, -0.2) is 0 Å². The molecule has 0 nitrogen and oxygen atoms in total. The van der Waals surface area contributed by atoms with E-state index in [4.69, 9.17) is 0 Å². The fraction of sp³-hybridized carbons (Fsp3) is 0.900. The van der Waals surface area contributed by atoms with Crippen molar-refractivity contribution in [1.82, 2.24) is 0 Å². The molecule has 0 spiro atoms. The molecule has 0 aromatic carbocycles. The first-order chi connectivity index (χ1) is 9.85. The van der Waals surface area contributed by atoms with Crippen LogP contribution in [0.3, 0.4) is 0 Å². The van der Waals surface area contributed by atoms with Gasteiger partial charge in [0.1, 0.15) is 0 Å². The molecule has 0 heteroatoms. The van der Waals surface area contributed by atoms with Crippen molar-refractivity contribution in [3.05, 3.63) is 12.2 Å². The number of hydrogen-bond donors (Lipinski definition) is 0. The van der Waals surface area contributed by atoms with Gasteiger partial charge in [0.15, 0.2) is 0 Å². The third-order valence-electron chi connectivity index (χ3n) is 6.73. The molecule has 3 rings (SSSR count). The lowest BCUT2D eigenvalue weighted by molar-refractivity contribution is 0.124. The number of allylic oxidation sites excluding steroid dienone is 2. The van der Waals surface area contributed by atoms with E-state index in [-0.39, 0.29) is 0 Å². The molecular weight excluding hydrogens is 240 g/mol. The van der Waals surface area contributed by atoms with Gasteiger partial charge in [0.2, 0.25) is 0 Å². The largest absolute Gasteiger partial charge is 0.0914 e. The highest BCUT2D eigenvalue weighted by Gasteiger charge is 2.32. The zero-order valence-electron chi connectivity index (χ0n) is 13.5. The molecule has 0 amide bonds. The maximum Gasteiger partial charge on any atom is -0.0233 e. The second-order valence-corrected chi connectivity index (χ2v) is 8.01. The van der Waals surface area contributed by atoms with Crippen molar-refractivity contribution in [3.8, 4) is 0 Å². The Balaban J connectivity index is 1.35. The maximum atomic E-state index is 2.44. The smallest absolute Gasteiger partial charge is 0.0233 e. The van der Waals surface area contributed by atoms with Crippen LogP contribution in [-0.2, 0) is 0 Å². The molecule has 3 aliphatic rings. The first-order valence-corrected chi connectivity index (χ1v) is 9.48. The predicted octanol–water partition coefficient (Wildman–Crippen LogP) is 6.37. The summed E-state index contributed by atoms with van der Waals surface area (Å²) in [5, 5.41) is 0. The van der Waals surface area contributed by atoms with Crippen LogP contribution in [0.4, 0.5) is 0 Å². The van der Waals surface area contributed by atoms with E-state index in [1.807, 2.05) is 0 Å². The summed E-state index contributed by atoms with van der Waals surface area (Å²) in [7, 11) is 0. The molecule has 20 heavy (non-hydrogen) atoms. The lowest BCUT2D eigenvalue weighted by atomic mass is 9.66. The number of hydrogen-bond acceptors (Lipinski definition) is 0. The molecule has 0 bridgehead atoms. The monoisotopic (exact) mass is 274 g/mol. The third kappa shape index (κ3) is 3.68. The van der Waals surface area contributed by atoms with Gasteiger partial charge in [-0.3, -0.25) is 0 Å². The summed E-state index contributed by atoms with van der Waals surface area (Å²) in [6, 6.07) is 0. The minimum atomic E-state index is 0.908. The fourth-order valence-corrected chi connectivity index (χ4v) is 5.17. The van der Waals surface area contributed by atoms with Gasteiger partial charge < -0.3 is 0 Å². The van der Waals surface area contributed by atoms with E-state index in [9.17, 15) is 0 Å². The summed E-state index contributed by atoms with van der Waals surface area (Å²) in [5.41, 5.74) is 0. The lowest BCUT2D eigenvalue weighted by Crippen LogP contribution is -2.27. The normalized spacial score (nSPS) is 39.9. The van der Waals surface area contributed by atoms with Crippen LogP contribution in [-0.4, -0.2) is 0 Å². The summed E-state index contributed by atoms with van der Waals surface area (Å²) in [5.74, 6) is 5.35. The van der Waals surface area contributed by atoms with Crippen molar-refractivity contribution < 1.29 is 0 Å². The van der Waals surface area contributed by atoms with Crippen molar-refractivity contribution in [1.29, 1.82) is 0 Å². The van der Waals surface area contributed by atoms with Crippen LogP contribution < -0.4 is 0 Å². The molecule has 0 heterocycles. The van der Waals surface area contributed by atoms with Crippen LogP contribution in [0.15, 0.2) is 12.2 Å². The van der Waals surface area contributed by atoms with Gasteiger partial charge in [-0.1, -0.05) is 44.3 Å². The fourth-order valence-electron chi connectivity index (χ4n) is 5.17. The summed E-state index contributed by atoms with van der Waals surface area (Å²) in [4.78, 5) is 0. The quantitative estimate of drug-likeness (QED) is 0.523. The molecular formula is C20H34. The molecule has 114 valence electrons. The average molecular weight is 274 g/mol. The van der Waals surface area contributed by atoms with Crippen LogP contribution in [0.25, 0.3) is 0 Å². The maximum absolute atomic E-state index is 2.44. The SMILES string of the molecule is C/C=C/C1CCC(CC2CCC(C3CCC3)CC2)CC1. The molecule has 0 aromatic heterocycles. The molecule has 0 aromatic rings. The van der Waals surface area contributed by atoms with E-state index in [0.29, 0.717) is 0 Å². The highest BCUT2D eigenvalue weighted by Crippen LogP contribution is 2.44. The summed E-state index contributed by atoms with van der Waals surface area (Å²) in [6.07, 6.45) is 23.1. The van der Waals surface area contributed by atoms with Gasteiger partial charge in [0, 0.05) is 0 Å². The van der Waals surface area contributed by atoms with E-state index < -0.39 is 0 Å². The van der Waals surface area contributed by atoms with E-state index in [0.717, 1.165) is 29.6 Å². The van der Waals surface area contributed by atoms with Crippen LogP contribution in [0, 0.1) is 29.6 Å². The van der Waals surface area contributed by atoms with E-state index in [2.05, 4.69) is 19.1 Å². The van der Waals surface area contributed by atoms with Crippen molar-refractivity contribution in [3.63, 3.8) is 0 Å². The second kappa shape index (κ2) is 7.14. The van der Waals surface area contributed by atoms with Crippen LogP contribution in [0.5, 0.6) is 0 Å². The van der Waals surface area contributed by atoms with E-state index >= 15 is 0 Å². The van der Waals surface area contributed by atoms with Gasteiger partial charge in [0.25, 0.3) is 0 Å². The van der Waals surface area contributed by atoms with Crippen molar-refractivity contribution >= 4 is 0 Å². The molecule has 3 fully saturated rings. The van der Waals surface area contributed by atoms with Gasteiger partial charge in [-0.05, 0) is 81.5 Å². The third-order valence-corrected chi connectivity index (χ3v) is 6.73. The first kappa shape index (κ1) is 14.7. The Labute approximate surface area is 126 Å². The topological polar surface area (TPSA) is 0 Å². The van der Waals surface area contributed by atoms with E-state index in [1.54, 1.807) is 44.9 Å². The van der Waals surface area contributed by atoms with Gasteiger partial charge in [-0.15, -0.1) is 0 Å². The Hall–Kier alpha value is -0.260. The van der Waals surface area contributed by atoms with Crippen molar-refractivity contribution in [2.24, 2.45) is 29.6 Å². The minimum absolute atomic E-state index is 0.908. The zero-order chi connectivity index (χ0) is 13.8. The number of rotatable bonds is 4. The molecule has 0 radical (unpaired) electrons. The highest BCUT2D eigenvalue weighted by atomic mass is 14.4. The average Bonchev–Trinajstić information content (AvgIpc) is 2.42. The molecule has 0 N–H and O–H groups in total. The molecule has 3 saturated carbocycles. The Morgan fingerprint density at radius 3 is 1.75 bits per heavy atom. The Kier molecular flexibility index (Phi) is 5.24. The Morgan fingerprint density at radius 1 is 0.700 bits per heavy atom. The summed E-state index contributed by atoms with van der Waals surface area (Å²) < 4.78 is 0. The van der Waals surface area contributed by atoms with E-state index in [1.165, 1.54) is 32.1 Å². The molecule has 0 unspecified atom stereocenters. The lowest BCUT2D eigenvalue weighted by Gasteiger charge is -2.39. The molecule has 0 atom stereocenters. The molecule has 0 aliphatic heterocycles. The second-order valence-electron chi connectivity index (χ2n) is 8.01. The Bertz CT molecular complexity index is 296. The summed E-state index contributed by atoms with van der Waals surface area (Å²) in [6.45, 7) is 2.17. The zero-order valence-corrected chi connectivity index (χ0v) is 13.5.